The summed E-state index contributed by atoms with van der Waals surface area (Å²) in [5.74, 6) is 0. The molecule has 2 rings (SSSR count). The van der Waals surface area contributed by atoms with Crippen LogP contribution in [0.3, 0.4) is 0 Å². The van der Waals surface area contributed by atoms with Crippen LogP contribution in [-0.4, -0.2) is 19.1 Å². The maximum Gasteiger partial charge on any atom is 0.00503 e. The molecule has 0 radical (unpaired) electrons. The third-order valence-corrected chi connectivity index (χ3v) is 2.72. The predicted octanol–water partition coefficient (Wildman–Crippen LogP) is 0.931. The van der Waals surface area contributed by atoms with E-state index in [1.807, 2.05) is 0 Å². The number of rotatable bonds is 0. The van der Waals surface area contributed by atoms with Crippen LogP contribution in [0.1, 0.15) is 19.3 Å². The average Bonchev–Trinajstić information content (AvgIpc) is 2.12. The lowest BCUT2D eigenvalue weighted by Crippen LogP contribution is -2.47. The second kappa shape index (κ2) is 3.94. The van der Waals surface area contributed by atoms with Crippen LogP contribution in [0.2, 0.25) is 0 Å². The highest BCUT2D eigenvalue weighted by Gasteiger charge is 2.43. The minimum absolute atomic E-state index is 0. The van der Waals surface area contributed by atoms with Crippen LogP contribution in [0.4, 0.5) is 0 Å². The Hall–Kier alpha value is 0.500. The van der Waals surface area contributed by atoms with Gasteiger partial charge in [-0.3, -0.25) is 0 Å². The Morgan fingerprint density at radius 3 is 2.27 bits per heavy atom. The van der Waals surface area contributed by atoms with Crippen molar-refractivity contribution in [3.05, 3.63) is 0 Å². The van der Waals surface area contributed by atoms with Crippen LogP contribution >= 0.6 is 24.8 Å². The van der Waals surface area contributed by atoms with Gasteiger partial charge in [-0.1, -0.05) is 0 Å². The summed E-state index contributed by atoms with van der Waals surface area (Å²) in [5.41, 5.74) is 6.36. The van der Waals surface area contributed by atoms with Crippen molar-refractivity contribution in [3.63, 3.8) is 0 Å². The molecular weight excluding hydrogens is 183 g/mol. The molecule has 0 aromatic heterocycles. The zero-order valence-electron chi connectivity index (χ0n) is 6.51. The molecule has 1 saturated carbocycles. The summed E-state index contributed by atoms with van der Waals surface area (Å²) in [6, 6.07) is 0.518. The van der Waals surface area contributed by atoms with Gasteiger partial charge in [0, 0.05) is 12.6 Å². The van der Waals surface area contributed by atoms with Crippen molar-refractivity contribution in [1.82, 2.24) is 5.32 Å². The summed E-state index contributed by atoms with van der Waals surface area (Å²) in [4.78, 5) is 0. The van der Waals surface area contributed by atoms with Crippen LogP contribution in [0.5, 0.6) is 0 Å². The van der Waals surface area contributed by atoms with Crippen molar-refractivity contribution < 1.29 is 0 Å². The highest BCUT2D eigenvalue weighted by Crippen LogP contribution is 2.44. The SMILES string of the molecule is Cl.Cl.NC1CC2(CCNC2)C1. The van der Waals surface area contributed by atoms with E-state index in [4.69, 9.17) is 5.73 Å². The molecule has 2 fully saturated rings. The van der Waals surface area contributed by atoms with Crippen molar-refractivity contribution in [2.45, 2.75) is 25.3 Å². The largest absolute Gasteiger partial charge is 0.328 e. The van der Waals surface area contributed by atoms with Crippen molar-refractivity contribution in [3.8, 4) is 0 Å². The molecule has 0 amide bonds. The van der Waals surface area contributed by atoms with Crippen LogP contribution < -0.4 is 11.1 Å². The van der Waals surface area contributed by atoms with Gasteiger partial charge in [-0.25, -0.2) is 0 Å². The van der Waals surface area contributed by atoms with Gasteiger partial charge in [0.2, 0.25) is 0 Å². The van der Waals surface area contributed by atoms with Crippen molar-refractivity contribution in [2.24, 2.45) is 11.1 Å². The molecule has 4 heteroatoms. The van der Waals surface area contributed by atoms with E-state index in [1.165, 1.54) is 32.4 Å². The molecule has 1 spiro atoms. The number of hydrogen-bond acceptors (Lipinski definition) is 2. The maximum atomic E-state index is 5.71. The van der Waals surface area contributed by atoms with E-state index >= 15 is 0 Å². The van der Waals surface area contributed by atoms with E-state index < -0.39 is 0 Å². The highest BCUT2D eigenvalue weighted by molar-refractivity contribution is 5.85. The van der Waals surface area contributed by atoms with E-state index in [2.05, 4.69) is 5.32 Å². The fourth-order valence-corrected chi connectivity index (χ4v) is 2.20. The molecule has 2 aliphatic rings. The van der Waals surface area contributed by atoms with Crippen LogP contribution in [0.15, 0.2) is 0 Å². The quantitative estimate of drug-likeness (QED) is 0.609. The third kappa shape index (κ3) is 2.00. The molecule has 11 heavy (non-hydrogen) atoms. The Kier molecular flexibility index (Phi) is 4.12. The van der Waals surface area contributed by atoms with E-state index in [-0.39, 0.29) is 24.8 Å². The van der Waals surface area contributed by atoms with Gasteiger partial charge in [0.25, 0.3) is 0 Å². The summed E-state index contributed by atoms with van der Waals surface area (Å²) in [5, 5.41) is 3.38. The smallest absolute Gasteiger partial charge is 0.00503 e. The second-order valence-corrected chi connectivity index (χ2v) is 3.60. The Bertz CT molecular complexity index is 116. The van der Waals surface area contributed by atoms with Crippen LogP contribution in [0.25, 0.3) is 0 Å². The third-order valence-electron chi connectivity index (χ3n) is 2.72. The topological polar surface area (TPSA) is 38.0 Å². The maximum absolute atomic E-state index is 5.71. The first-order valence-corrected chi connectivity index (χ1v) is 3.77. The van der Waals surface area contributed by atoms with Crippen molar-refractivity contribution in [2.75, 3.05) is 13.1 Å². The summed E-state index contributed by atoms with van der Waals surface area (Å²) >= 11 is 0. The minimum atomic E-state index is 0. The number of nitrogens with one attached hydrogen (secondary N) is 1. The average molecular weight is 199 g/mol. The fraction of sp³-hybridized carbons (Fsp3) is 1.00. The summed E-state index contributed by atoms with van der Waals surface area (Å²) in [7, 11) is 0. The van der Waals surface area contributed by atoms with Gasteiger partial charge in [0.05, 0.1) is 0 Å². The molecule has 68 valence electrons. The molecule has 0 bridgehead atoms. The van der Waals surface area contributed by atoms with Gasteiger partial charge in [0.15, 0.2) is 0 Å². The van der Waals surface area contributed by atoms with E-state index in [0.29, 0.717) is 11.5 Å². The van der Waals surface area contributed by atoms with Crippen molar-refractivity contribution in [1.29, 1.82) is 0 Å². The Labute approximate surface area is 80.1 Å². The van der Waals surface area contributed by atoms with Gasteiger partial charge < -0.3 is 11.1 Å². The Morgan fingerprint density at radius 2 is 1.91 bits per heavy atom. The number of halogens is 2. The van der Waals surface area contributed by atoms with Gasteiger partial charge in [-0.2, -0.15) is 0 Å². The van der Waals surface area contributed by atoms with Crippen LogP contribution in [-0.2, 0) is 0 Å². The molecule has 3 N–H and O–H groups in total. The lowest BCUT2D eigenvalue weighted by Gasteiger charge is -2.42. The normalized spacial score (nSPS) is 40.6. The van der Waals surface area contributed by atoms with E-state index in [0.717, 1.165) is 0 Å². The first-order chi connectivity index (χ1) is 4.31. The molecule has 1 aliphatic carbocycles. The molecule has 2 nitrogen and oxygen atoms in total. The Balaban J connectivity index is 0.000000500. The summed E-state index contributed by atoms with van der Waals surface area (Å²) in [6.07, 6.45) is 3.89. The molecule has 0 aromatic rings. The fourth-order valence-electron chi connectivity index (χ4n) is 2.20. The molecule has 1 heterocycles. The van der Waals surface area contributed by atoms with E-state index in [1.54, 1.807) is 0 Å². The van der Waals surface area contributed by atoms with Crippen LogP contribution in [0, 0.1) is 5.41 Å². The number of nitrogens with two attached hydrogens (primary N) is 1. The summed E-state index contributed by atoms with van der Waals surface area (Å²) in [6.45, 7) is 2.44. The van der Waals surface area contributed by atoms with E-state index in [9.17, 15) is 0 Å². The zero-order valence-corrected chi connectivity index (χ0v) is 8.14. The zero-order chi connectivity index (χ0) is 6.32. The molecule has 0 unspecified atom stereocenters. The monoisotopic (exact) mass is 198 g/mol. The van der Waals surface area contributed by atoms with Gasteiger partial charge >= 0.3 is 0 Å². The standard InChI is InChI=1S/C7H14N2.2ClH/c8-6-3-7(4-6)1-2-9-5-7;;/h6,9H,1-5,8H2;2*1H. The first kappa shape index (κ1) is 11.5. The number of hydrogen-bond donors (Lipinski definition) is 2. The lowest BCUT2D eigenvalue weighted by molar-refractivity contribution is 0.130. The molecule has 0 atom stereocenters. The highest BCUT2D eigenvalue weighted by atomic mass is 35.5. The van der Waals surface area contributed by atoms with Gasteiger partial charge in [-0.05, 0) is 31.2 Å². The summed E-state index contributed by atoms with van der Waals surface area (Å²) < 4.78 is 0. The first-order valence-electron chi connectivity index (χ1n) is 3.77. The second-order valence-electron chi connectivity index (χ2n) is 3.60. The molecule has 1 saturated heterocycles. The molecular formula is C7H16Cl2N2. The van der Waals surface area contributed by atoms with Gasteiger partial charge in [-0.15, -0.1) is 24.8 Å². The molecule has 0 aromatic carbocycles. The predicted molar refractivity (Wildman–Crippen MR) is 51.6 cm³/mol. The van der Waals surface area contributed by atoms with Gasteiger partial charge in [0.1, 0.15) is 0 Å². The Morgan fingerprint density at radius 1 is 1.27 bits per heavy atom. The van der Waals surface area contributed by atoms with Crippen molar-refractivity contribution >= 4 is 24.8 Å². The molecule has 1 aliphatic heterocycles. The lowest BCUT2D eigenvalue weighted by atomic mass is 9.65. The minimum Gasteiger partial charge on any atom is -0.328 e.